The molecule has 0 aliphatic rings. The SMILES string of the molecule is Cc1ccc(S(=O)(=O)Nc2cccc(Br)c2)cc1CN. The third-order valence-corrected chi connectivity index (χ3v) is 4.80. The Morgan fingerprint density at radius 3 is 2.60 bits per heavy atom. The summed E-state index contributed by atoms with van der Waals surface area (Å²) in [4.78, 5) is 0.212. The van der Waals surface area contributed by atoms with Gasteiger partial charge >= 0.3 is 0 Å². The number of sulfonamides is 1. The summed E-state index contributed by atoms with van der Waals surface area (Å²) in [6.45, 7) is 2.21. The number of nitrogens with one attached hydrogen (secondary N) is 1. The zero-order valence-electron chi connectivity index (χ0n) is 10.9. The Morgan fingerprint density at radius 2 is 1.95 bits per heavy atom. The van der Waals surface area contributed by atoms with Crippen molar-refractivity contribution in [3.8, 4) is 0 Å². The minimum Gasteiger partial charge on any atom is -0.326 e. The molecule has 0 heterocycles. The highest BCUT2D eigenvalue weighted by Gasteiger charge is 2.15. The average molecular weight is 355 g/mol. The van der Waals surface area contributed by atoms with Gasteiger partial charge in [0.25, 0.3) is 10.0 Å². The first-order valence-corrected chi connectivity index (χ1v) is 8.28. The number of hydrogen-bond acceptors (Lipinski definition) is 3. The van der Waals surface area contributed by atoms with Gasteiger partial charge in [0, 0.05) is 16.7 Å². The van der Waals surface area contributed by atoms with Gasteiger partial charge in [0.1, 0.15) is 0 Å². The fraction of sp³-hybridized carbons (Fsp3) is 0.143. The van der Waals surface area contributed by atoms with E-state index in [4.69, 9.17) is 5.73 Å². The third-order valence-electron chi connectivity index (χ3n) is 2.93. The van der Waals surface area contributed by atoms with Crippen molar-refractivity contribution in [1.82, 2.24) is 0 Å². The summed E-state index contributed by atoms with van der Waals surface area (Å²) in [6.07, 6.45) is 0. The van der Waals surface area contributed by atoms with Crippen LogP contribution in [0.15, 0.2) is 51.8 Å². The maximum absolute atomic E-state index is 12.3. The summed E-state index contributed by atoms with van der Waals surface area (Å²) >= 11 is 3.31. The molecule has 2 aromatic rings. The van der Waals surface area contributed by atoms with Crippen molar-refractivity contribution >= 4 is 31.6 Å². The largest absolute Gasteiger partial charge is 0.326 e. The Hall–Kier alpha value is -1.37. The molecular formula is C14H15BrN2O2S. The fourth-order valence-electron chi connectivity index (χ4n) is 1.80. The minimum absolute atomic E-state index is 0.212. The molecule has 0 aliphatic heterocycles. The number of halogens is 1. The van der Waals surface area contributed by atoms with E-state index in [1.165, 1.54) is 0 Å². The maximum atomic E-state index is 12.3. The normalized spacial score (nSPS) is 11.3. The van der Waals surface area contributed by atoms with E-state index in [9.17, 15) is 8.42 Å². The van der Waals surface area contributed by atoms with E-state index in [2.05, 4.69) is 20.7 Å². The molecule has 0 aliphatic carbocycles. The second-order valence-electron chi connectivity index (χ2n) is 4.41. The van der Waals surface area contributed by atoms with Gasteiger partial charge in [-0.15, -0.1) is 0 Å². The summed E-state index contributed by atoms with van der Waals surface area (Å²) in [5, 5.41) is 0. The van der Waals surface area contributed by atoms with Crippen molar-refractivity contribution in [2.24, 2.45) is 5.73 Å². The molecule has 2 rings (SSSR count). The van der Waals surface area contributed by atoms with E-state index in [-0.39, 0.29) is 4.90 Å². The fourth-order valence-corrected chi connectivity index (χ4v) is 3.30. The van der Waals surface area contributed by atoms with Gasteiger partial charge in [-0.25, -0.2) is 8.42 Å². The summed E-state index contributed by atoms with van der Waals surface area (Å²) < 4.78 is 28.0. The minimum atomic E-state index is -3.61. The van der Waals surface area contributed by atoms with E-state index in [1.54, 1.807) is 36.4 Å². The van der Waals surface area contributed by atoms with Gasteiger partial charge < -0.3 is 5.73 Å². The van der Waals surface area contributed by atoms with Crippen molar-refractivity contribution in [3.63, 3.8) is 0 Å². The molecule has 20 heavy (non-hydrogen) atoms. The van der Waals surface area contributed by atoms with Crippen LogP contribution in [-0.4, -0.2) is 8.42 Å². The van der Waals surface area contributed by atoms with Crippen LogP contribution in [0.3, 0.4) is 0 Å². The maximum Gasteiger partial charge on any atom is 0.261 e. The van der Waals surface area contributed by atoms with E-state index in [1.807, 2.05) is 13.0 Å². The van der Waals surface area contributed by atoms with E-state index >= 15 is 0 Å². The van der Waals surface area contributed by atoms with Crippen LogP contribution >= 0.6 is 15.9 Å². The molecule has 2 aromatic carbocycles. The van der Waals surface area contributed by atoms with Gasteiger partial charge in [-0.3, -0.25) is 4.72 Å². The molecule has 0 unspecified atom stereocenters. The van der Waals surface area contributed by atoms with Crippen LogP contribution < -0.4 is 10.5 Å². The lowest BCUT2D eigenvalue weighted by atomic mass is 10.1. The van der Waals surface area contributed by atoms with Crippen LogP contribution in [0.4, 0.5) is 5.69 Å². The second-order valence-corrected chi connectivity index (χ2v) is 7.01. The predicted octanol–water partition coefficient (Wildman–Crippen LogP) is 3.02. The monoisotopic (exact) mass is 354 g/mol. The van der Waals surface area contributed by atoms with Gasteiger partial charge in [0.2, 0.25) is 0 Å². The summed E-state index contributed by atoms with van der Waals surface area (Å²) in [5.41, 5.74) is 7.92. The van der Waals surface area contributed by atoms with Crippen LogP contribution in [0, 0.1) is 6.92 Å². The molecule has 0 saturated carbocycles. The smallest absolute Gasteiger partial charge is 0.261 e. The van der Waals surface area contributed by atoms with Crippen molar-refractivity contribution in [3.05, 3.63) is 58.1 Å². The number of anilines is 1. The van der Waals surface area contributed by atoms with Crippen molar-refractivity contribution in [2.75, 3.05) is 4.72 Å². The molecule has 0 spiro atoms. The van der Waals surface area contributed by atoms with Gasteiger partial charge in [-0.1, -0.05) is 28.1 Å². The number of aryl methyl sites for hydroxylation is 1. The molecule has 0 amide bonds. The lowest BCUT2D eigenvalue weighted by Gasteiger charge is -2.10. The quantitative estimate of drug-likeness (QED) is 0.886. The van der Waals surface area contributed by atoms with E-state index < -0.39 is 10.0 Å². The first-order valence-electron chi connectivity index (χ1n) is 6.00. The van der Waals surface area contributed by atoms with Crippen molar-refractivity contribution in [1.29, 1.82) is 0 Å². The van der Waals surface area contributed by atoms with Gasteiger partial charge in [0.15, 0.2) is 0 Å². The van der Waals surface area contributed by atoms with Gasteiger partial charge in [-0.2, -0.15) is 0 Å². The number of benzene rings is 2. The number of nitrogens with two attached hydrogens (primary N) is 1. The summed E-state index contributed by atoms with van der Waals surface area (Å²) in [6, 6.07) is 11.9. The number of hydrogen-bond donors (Lipinski definition) is 2. The summed E-state index contributed by atoms with van der Waals surface area (Å²) in [5.74, 6) is 0. The standard InChI is InChI=1S/C14H15BrN2O2S/c1-10-5-6-14(7-11(10)9-16)20(18,19)17-13-4-2-3-12(15)8-13/h2-8,17H,9,16H2,1H3. The molecule has 0 aromatic heterocycles. The highest BCUT2D eigenvalue weighted by Crippen LogP contribution is 2.21. The predicted molar refractivity (Wildman–Crippen MR) is 84.0 cm³/mol. The topological polar surface area (TPSA) is 72.2 Å². The van der Waals surface area contributed by atoms with Crippen LogP contribution in [0.1, 0.15) is 11.1 Å². The summed E-state index contributed by atoms with van der Waals surface area (Å²) in [7, 11) is -3.61. The van der Waals surface area contributed by atoms with Crippen LogP contribution in [0.5, 0.6) is 0 Å². The lowest BCUT2D eigenvalue weighted by molar-refractivity contribution is 0.601. The highest BCUT2D eigenvalue weighted by atomic mass is 79.9. The first-order chi connectivity index (χ1) is 9.42. The lowest BCUT2D eigenvalue weighted by Crippen LogP contribution is -2.14. The molecule has 0 saturated heterocycles. The Morgan fingerprint density at radius 1 is 1.20 bits per heavy atom. The number of rotatable bonds is 4. The second kappa shape index (κ2) is 5.95. The Labute approximate surface area is 127 Å². The molecule has 4 nitrogen and oxygen atoms in total. The highest BCUT2D eigenvalue weighted by molar-refractivity contribution is 9.10. The third kappa shape index (κ3) is 3.39. The molecule has 0 atom stereocenters. The van der Waals surface area contributed by atoms with E-state index in [0.717, 1.165) is 15.6 Å². The van der Waals surface area contributed by atoms with Crippen LogP contribution in [0.2, 0.25) is 0 Å². The Kier molecular flexibility index (Phi) is 4.47. The average Bonchev–Trinajstić information content (AvgIpc) is 2.38. The van der Waals surface area contributed by atoms with E-state index in [0.29, 0.717) is 12.2 Å². The van der Waals surface area contributed by atoms with Crippen molar-refractivity contribution in [2.45, 2.75) is 18.4 Å². The first kappa shape index (κ1) is 15.0. The Bertz CT molecular complexity index is 730. The Balaban J connectivity index is 2.35. The zero-order valence-corrected chi connectivity index (χ0v) is 13.3. The molecule has 0 radical (unpaired) electrons. The van der Waals surface area contributed by atoms with Gasteiger partial charge in [-0.05, 0) is 48.4 Å². The van der Waals surface area contributed by atoms with Crippen molar-refractivity contribution < 1.29 is 8.42 Å². The molecule has 6 heteroatoms. The molecule has 106 valence electrons. The zero-order chi connectivity index (χ0) is 14.8. The molecule has 3 N–H and O–H groups in total. The van der Waals surface area contributed by atoms with Crippen LogP contribution in [0.25, 0.3) is 0 Å². The molecule has 0 fully saturated rings. The molecular weight excluding hydrogens is 340 g/mol. The molecule has 0 bridgehead atoms. The van der Waals surface area contributed by atoms with Crippen LogP contribution in [-0.2, 0) is 16.6 Å². The van der Waals surface area contributed by atoms with Gasteiger partial charge in [0.05, 0.1) is 4.90 Å².